The molecule has 0 radical (unpaired) electrons. The van der Waals surface area contributed by atoms with E-state index >= 15 is 0 Å². The minimum Gasteiger partial charge on any atom is -0.286 e. The fraction of sp³-hybridized carbons (Fsp3) is 0.0625. The van der Waals surface area contributed by atoms with Crippen LogP contribution in [0.5, 0.6) is 0 Å². The summed E-state index contributed by atoms with van der Waals surface area (Å²) in [6, 6.07) is 37.0. The Labute approximate surface area is 219 Å². The number of nitrogens with zero attached hydrogens (tertiary/aromatic N) is 4. The lowest BCUT2D eigenvalue weighted by molar-refractivity contribution is -0.107. The zero-order valence-corrected chi connectivity index (χ0v) is 20.3. The van der Waals surface area contributed by atoms with E-state index in [2.05, 4.69) is 0 Å². The quantitative estimate of drug-likeness (QED) is 0.325. The lowest BCUT2D eigenvalue weighted by Gasteiger charge is -2.09. The van der Waals surface area contributed by atoms with Crippen molar-refractivity contribution in [1.82, 2.24) is 0 Å². The molecule has 0 aliphatic heterocycles. The largest absolute Gasteiger partial charge is 0.286 e. The van der Waals surface area contributed by atoms with Gasteiger partial charge in [-0.1, -0.05) is 72.8 Å². The van der Waals surface area contributed by atoms with E-state index in [9.17, 15) is 9.59 Å². The fourth-order valence-corrected chi connectivity index (χ4v) is 4.77. The van der Waals surface area contributed by atoms with Crippen molar-refractivity contribution in [2.45, 2.75) is 0 Å². The minimum absolute atomic E-state index is 0.247. The van der Waals surface area contributed by atoms with E-state index in [1.165, 1.54) is 0 Å². The number of para-hydroxylation sites is 4. The number of hydrogen-bond acceptors (Lipinski definition) is 6. The normalized spacial score (nSPS) is 23.1. The van der Waals surface area contributed by atoms with Crippen LogP contribution in [0.25, 0.3) is 0 Å². The second-order valence-electron chi connectivity index (χ2n) is 8.94. The minimum atomic E-state index is -0.694. The molecule has 4 aromatic rings. The van der Waals surface area contributed by atoms with Crippen LogP contribution in [0, 0.1) is 11.8 Å². The summed E-state index contributed by atoms with van der Waals surface area (Å²) >= 11 is 0. The summed E-state index contributed by atoms with van der Waals surface area (Å²) in [5.41, 5.74) is 3.47. The first-order valence-electron chi connectivity index (χ1n) is 12.3. The molecule has 0 amide bonds. The van der Waals surface area contributed by atoms with Crippen molar-refractivity contribution in [2.75, 3.05) is 0 Å². The van der Waals surface area contributed by atoms with Crippen LogP contribution in [-0.4, -0.2) is 34.4 Å². The molecule has 2 saturated carbocycles. The van der Waals surface area contributed by atoms with Gasteiger partial charge in [0, 0.05) is 0 Å². The first-order chi connectivity index (χ1) is 18.7. The maximum Gasteiger partial charge on any atom is 0.222 e. The first-order valence-corrected chi connectivity index (χ1v) is 12.3. The lowest BCUT2D eigenvalue weighted by atomic mass is 9.96. The molecule has 2 aliphatic carbocycles. The number of Topliss-reactive ketones (excluding diaryl/α,β-unsaturated/α-hetero) is 2. The second-order valence-corrected chi connectivity index (χ2v) is 8.94. The van der Waals surface area contributed by atoms with Crippen molar-refractivity contribution in [3.63, 3.8) is 0 Å². The number of aliphatic imine (C=N–C) groups is 4. The van der Waals surface area contributed by atoms with Crippen LogP contribution in [0.2, 0.25) is 0 Å². The van der Waals surface area contributed by atoms with Crippen LogP contribution in [0.3, 0.4) is 0 Å². The van der Waals surface area contributed by atoms with Crippen LogP contribution in [0.15, 0.2) is 141 Å². The third kappa shape index (κ3) is 4.44. The van der Waals surface area contributed by atoms with Crippen molar-refractivity contribution >= 4 is 57.2 Å². The SMILES string of the molecule is O=C1C(=Nc2ccccc2)C2C(=Nc3ccccc3)C(=O)C(=Nc3ccccc3)C2C1=Nc1ccccc1. The van der Waals surface area contributed by atoms with Gasteiger partial charge in [-0.05, 0) is 48.5 Å². The van der Waals surface area contributed by atoms with Crippen molar-refractivity contribution < 1.29 is 9.59 Å². The molecular weight excluding hydrogens is 472 g/mol. The van der Waals surface area contributed by atoms with Crippen molar-refractivity contribution in [3.05, 3.63) is 121 Å². The summed E-state index contributed by atoms with van der Waals surface area (Å²) in [5, 5.41) is 0. The van der Waals surface area contributed by atoms with Gasteiger partial charge >= 0.3 is 0 Å². The molecule has 0 heterocycles. The molecule has 0 N–H and O–H groups in total. The highest BCUT2D eigenvalue weighted by molar-refractivity contribution is 6.86. The molecule has 0 unspecified atom stereocenters. The molecule has 2 aliphatic rings. The fourth-order valence-electron chi connectivity index (χ4n) is 4.77. The number of benzene rings is 4. The highest BCUT2D eigenvalue weighted by Crippen LogP contribution is 2.39. The molecule has 0 atom stereocenters. The molecule has 182 valence electrons. The molecule has 6 nitrogen and oxygen atoms in total. The molecule has 2 fully saturated rings. The highest BCUT2D eigenvalue weighted by atomic mass is 16.1. The van der Waals surface area contributed by atoms with Crippen LogP contribution in [0.1, 0.15) is 0 Å². The van der Waals surface area contributed by atoms with Gasteiger partial charge in [0.2, 0.25) is 11.6 Å². The van der Waals surface area contributed by atoms with Gasteiger partial charge in [0.15, 0.2) is 0 Å². The zero-order valence-electron chi connectivity index (χ0n) is 20.3. The predicted molar refractivity (Wildman–Crippen MR) is 151 cm³/mol. The highest BCUT2D eigenvalue weighted by Gasteiger charge is 2.58. The number of ketones is 2. The molecule has 0 bridgehead atoms. The smallest absolute Gasteiger partial charge is 0.222 e. The maximum atomic E-state index is 13.9. The molecule has 6 heteroatoms. The Hall–Kier alpha value is -5.10. The topological polar surface area (TPSA) is 83.6 Å². The van der Waals surface area contributed by atoms with E-state index in [1.54, 1.807) is 0 Å². The Morgan fingerprint density at radius 1 is 0.342 bits per heavy atom. The molecule has 6 rings (SSSR count). The summed E-state index contributed by atoms with van der Waals surface area (Å²) in [7, 11) is 0. The second kappa shape index (κ2) is 10.1. The average Bonchev–Trinajstić information content (AvgIpc) is 3.37. The van der Waals surface area contributed by atoms with Gasteiger partial charge in [-0.3, -0.25) is 9.59 Å². The first kappa shape index (κ1) is 23.3. The van der Waals surface area contributed by atoms with E-state index in [-0.39, 0.29) is 34.4 Å². The van der Waals surface area contributed by atoms with Gasteiger partial charge in [-0.25, -0.2) is 20.0 Å². The van der Waals surface area contributed by atoms with Crippen LogP contribution < -0.4 is 0 Å². The van der Waals surface area contributed by atoms with E-state index in [0.717, 1.165) is 0 Å². The van der Waals surface area contributed by atoms with Gasteiger partial charge in [0.25, 0.3) is 0 Å². The zero-order chi connectivity index (χ0) is 25.9. The number of carbonyl (C=O) groups excluding carboxylic acids is 2. The molecule has 4 aromatic carbocycles. The van der Waals surface area contributed by atoms with Crippen LogP contribution in [-0.2, 0) is 9.59 Å². The molecule has 38 heavy (non-hydrogen) atoms. The summed E-state index contributed by atoms with van der Waals surface area (Å²) in [5.74, 6) is -2.00. The number of rotatable bonds is 4. The summed E-state index contributed by atoms with van der Waals surface area (Å²) < 4.78 is 0. The molecule has 0 saturated heterocycles. The molecular formula is C32H22N4O2. The van der Waals surface area contributed by atoms with Crippen molar-refractivity contribution in [1.29, 1.82) is 0 Å². The van der Waals surface area contributed by atoms with E-state index in [1.807, 2.05) is 121 Å². The number of hydrogen-bond donors (Lipinski definition) is 0. The Morgan fingerprint density at radius 3 is 0.763 bits per heavy atom. The van der Waals surface area contributed by atoms with Gasteiger partial charge in [0.1, 0.15) is 22.8 Å². The van der Waals surface area contributed by atoms with Gasteiger partial charge in [0.05, 0.1) is 34.6 Å². The maximum absolute atomic E-state index is 13.9. The summed E-state index contributed by atoms with van der Waals surface area (Å²) in [4.78, 5) is 46.9. The van der Waals surface area contributed by atoms with Crippen molar-refractivity contribution in [2.24, 2.45) is 31.8 Å². The Kier molecular flexibility index (Phi) is 6.20. The van der Waals surface area contributed by atoms with Crippen LogP contribution >= 0.6 is 0 Å². The predicted octanol–water partition coefficient (Wildman–Crippen LogP) is 6.48. The van der Waals surface area contributed by atoms with E-state index in [4.69, 9.17) is 20.0 Å². The number of carbonyl (C=O) groups is 2. The summed E-state index contributed by atoms with van der Waals surface area (Å²) in [6.45, 7) is 0. The monoisotopic (exact) mass is 494 g/mol. The Morgan fingerprint density at radius 2 is 0.553 bits per heavy atom. The number of fused-ring (bicyclic) bond motifs is 1. The van der Waals surface area contributed by atoms with Gasteiger partial charge in [-0.15, -0.1) is 0 Å². The summed E-state index contributed by atoms with van der Waals surface area (Å²) in [6.07, 6.45) is 0. The Balaban J connectivity index is 1.60. The van der Waals surface area contributed by atoms with E-state index in [0.29, 0.717) is 22.7 Å². The third-order valence-electron chi connectivity index (χ3n) is 6.47. The Bertz CT molecular complexity index is 1380. The standard InChI is InChI=1S/C32H22N4O2/c37-31-27(33-21-13-5-1-6-14-21)25-26(29(31)35-23-17-9-3-10-18-23)30(36-24-19-11-4-12-20-24)32(38)28(25)34-22-15-7-2-8-16-22/h1-20,25-26H. The molecule has 0 spiro atoms. The third-order valence-corrected chi connectivity index (χ3v) is 6.47. The van der Waals surface area contributed by atoms with Crippen LogP contribution in [0.4, 0.5) is 22.7 Å². The van der Waals surface area contributed by atoms with Gasteiger partial charge < -0.3 is 0 Å². The lowest BCUT2D eigenvalue weighted by Crippen LogP contribution is -2.27. The van der Waals surface area contributed by atoms with E-state index < -0.39 is 11.8 Å². The van der Waals surface area contributed by atoms with Crippen molar-refractivity contribution in [3.8, 4) is 0 Å². The van der Waals surface area contributed by atoms with Gasteiger partial charge in [-0.2, -0.15) is 0 Å². The average molecular weight is 495 g/mol. The molecule has 0 aromatic heterocycles.